The molecule has 1 amide bonds. The first-order valence-electron chi connectivity index (χ1n) is 7.77. The van der Waals surface area contributed by atoms with Gasteiger partial charge in [-0.25, -0.2) is 0 Å². The molecule has 0 aromatic rings. The van der Waals surface area contributed by atoms with Crippen LogP contribution in [0.3, 0.4) is 0 Å². The van der Waals surface area contributed by atoms with Gasteiger partial charge >= 0.3 is 5.97 Å². The van der Waals surface area contributed by atoms with Crippen LogP contribution in [-0.4, -0.2) is 48.7 Å². The zero-order valence-corrected chi connectivity index (χ0v) is 14.0. The van der Waals surface area contributed by atoms with Crippen molar-refractivity contribution < 1.29 is 19.1 Å². The normalized spacial score (nSPS) is 17.7. The summed E-state index contributed by atoms with van der Waals surface area (Å²) in [5, 5.41) is 0. The Morgan fingerprint density at radius 2 is 1.76 bits per heavy atom. The van der Waals surface area contributed by atoms with E-state index >= 15 is 0 Å². The SMILES string of the molecule is CC(C)C[C@H](CC(=O)OC(C)(C)C)C(=O)N1CCOCC1. The Kier molecular flexibility index (Phi) is 6.65. The first kappa shape index (κ1) is 18.0. The van der Waals surface area contributed by atoms with Crippen molar-refractivity contribution in [3.05, 3.63) is 0 Å². The molecule has 21 heavy (non-hydrogen) atoms. The van der Waals surface area contributed by atoms with Crippen molar-refractivity contribution in [2.45, 2.75) is 53.1 Å². The van der Waals surface area contributed by atoms with E-state index in [0.717, 1.165) is 0 Å². The molecule has 5 heteroatoms. The number of carbonyl (C=O) groups is 2. The standard InChI is InChI=1S/C16H29NO4/c1-12(2)10-13(11-14(18)21-16(3,4)5)15(19)17-6-8-20-9-7-17/h12-13H,6-11H2,1-5H3/t13-/m1/s1. The molecular formula is C16H29NO4. The van der Waals surface area contributed by atoms with E-state index in [0.29, 0.717) is 38.6 Å². The molecule has 0 saturated carbocycles. The van der Waals surface area contributed by atoms with Gasteiger partial charge in [0, 0.05) is 19.0 Å². The van der Waals surface area contributed by atoms with E-state index in [2.05, 4.69) is 13.8 Å². The fourth-order valence-corrected chi connectivity index (χ4v) is 2.47. The number of rotatable bonds is 5. The first-order valence-corrected chi connectivity index (χ1v) is 7.77. The molecule has 1 rings (SSSR count). The van der Waals surface area contributed by atoms with Crippen molar-refractivity contribution in [1.29, 1.82) is 0 Å². The third-order valence-electron chi connectivity index (χ3n) is 3.26. The third-order valence-corrected chi connectivity index (χ3v) is 3.26. The summed E-state index contributed by atoms with van der Waals surface area (Å²) in [7, 11) is 0. The van der Waals surface area contributed by atoms with Gasteiger partial charge in [-0.05, 0) is 33.1 Å². The Balaban J connectivity index is 2.65. The molecule has 1 aliphatic heterocycles. The topological polar surface area (TPSA) is 55.8 Å². The average Bonchev–Trinajstić information content (AvgIpc) is 2.35. The Bertz CT molecular complexity index is 354. The second kappa shape index (κ2) is 7.78. The molecule has 1 atom stereocenters. The van der Waals surface area contributed by atoms with Crippen LogP contribution < -0.4 is 0 Å². The van der Waals surface area contributed by atoms with Gasteiger partial charge in [-0.1, -0.05) is 13.8 Å². The Hall–Kier alpha value is -1.10. The highest BCUT2D eigenvalue weighted by molar-refractivity contribution is 5.84. The van der Waals surface area contributed by atoms with Crippen molar-refractivity contribution in [3.63, 3.8) is 0 Å². The fourth-order valence-electron chi connectivity index (χ4n) is 2.47. The van der Waals surface area contributed by atoms with Gasteiger partial charge in [-0.15, -0.1) is 0 Å². The molecule has 0 radical (unpaired) electrons. The van der Waals surface area contributed by atoms with Crippen LogP contribution in [-0.2, 0) is 19.1 Å². The lowest BCUT2D eigenvalue weighted by molar-refractivity contribution is -0.159. The summed E-state index contributed by atoms with van der Waals surface area (Å²) in [4.78, 5) is 26.4. The predicted octanol–water partition coefficient (Wildman–Crippen LogP) is 2.24. The van der Waals surface area contributed by atoms with Crippen LogP contribution in [0.1, 0.15) is 47.5 Å². The zero-order valence-electron chi connectivity index (χ0n) is 14.0. The third kappa shape index (κ3) is 6.93. The van der Waals surface area contributed by atoms with Crippen LogP contribution in [0.5, 0.6) is 0 Å². The Morgan fingerprint density at radius 1 is 1.19 bits per heavy atom. The van der Waals surface area contributed by atoms with Gasteiger partial charge in [0.2, 0.25) is 5.91 Å². The summed E-state index contributed by atoms with van der Waals surface area (Å²) in [5.41, 5.74) is -0.512. The lowest BCUT2D eigenvalue weighted by atomic mass is 9.92. The molecule has 0 N–H and O–H groups in total. The second-order valence-corrected chi connectivity index (χ2v) is 7.05. The molecule has 0 spiro atoms. The van der Waals surface area contributed by atoms with Crippen LogP contribution in [0, 0.1) is 11.8 Å². The first-order chi connectivity index (χ1) is 9.69. The molecule has 1 heterocycles. The van der Waals surface area contributed by atoms with Crippen LogP contribution in [0.25, 0.3) is 0 Å². The van der Waals surface area contributed by atoms with E-state index in [1.807, 2.05) is 20.8 Å². The molecule has 0 aromatic heterocycles. The molecular weight excluding hydrogens is 270 g/mol. The van der Waals surface area contributed by atoms with Crippen molar-refractivity contribution >= 4 is 11.9 Å². The molecule has 0 aliphatic carbocycles. The van der Waals surface area contributed by atoms with Gasteiger partial charge in [-0.2, -0.15) is 0 Å². The van der Waals surface area contributed by atoms with Crippen molar-refractivity contribution in [1.82, 2.24) is 4.90 Å². The maximum Gasteiger partial charge on any atom is 0.307 e. The fraction of sp³-hybridized carbons (Fsp3) is 0.875. The molecule has 0 bridgehead atoms. The van der Waals surface area contributed by atoms with Gasteiger partial charge in [0.1, 0.15) is 5.60 Å². The maximum atomic E-state index is 12.6. The molecule has 1 aliphatic rings. The van der Waals surface area contributed by atoms with Crippen molar-refractivity contribution in [2.24, 2.45) is 11.8 Å². The summed E-state index contributed by atoms with van der Waals surface area (Å²) in [6.45, 7) is 12.0. The Morgan fingerprint density at radius 3 is 2.24 bits per heavy atom. The van der Waals surface area contributed by atoms with Gasteiger partial charge < -0.3 is 14.4 Å². The van der Waals surface area contributed by atoms with E-state index in [1.54, 1.807) is 4.90 Å². The van der Waals surface area contributed by atoms with Gasteiger partial charge in [0.15, 0.2) is 0 Å². The molecule has 1 saturated heterocycles. The summed E-state index contributed by atoms with van der Waals surface area (Å²) in [6, 6.07) is 0. The zero-order chi connectivity index (χ0) is 16.0. The predicted molar refractivity (Wildman–Crippen MR) is 80.8 cm³/mol. The summed E-state index contributed by atoms with van der Waals surface area (Å²) >= 11 is 0. The largest absolute Gasteiger partial charge is 0.460 e. The van der Waals surface area contributed by atoms with Crippen LogP contribution in [0.2, 0.25) is 0 Å². The lowest BCUT2D eigenvalue weighted by Gasteiger charge is -2.31. The van der Waals surface area contributed by atoms with E-state index in [1.165, 1.54) is 0 Å². The van der Waals surface area contributed by atoms with Crippen LogP contribution in [0.15, 0.2) is 0 Å². The number of morpholine rings is 1. The van der Waals surface area contributed by atoms with Crippen LogP contribution >= 0.6 is 0 Å². The average molecular weight is 299 g/mol. The highest BCUT2D eigenvalue weighted by atomic mass is 16.6. The van der Waals surface area contributed by atoms with Crippen molar-refractivity contribution in [3.8, 4) is 0 Å². The minimum absolute atomic E-state index is 0.0536. The molecule has 0 aromatic carbocycles. The highest BCUT2D eigenvalue weighted by Crippen LogP contribution is 2.21. The monoisotopic (exact) mass is 299 g/mol. The number of hydrogen-bond acceptors (Lipinski definition) is 4. The van der Waals surface area contributed by atoms with Gasteiger partial charge in [-0.3, -0.25) is 9.59 Å². The summed E-state index contributed by atoms with van der Waals surface area (Å²) in [5.74, 6) is -0.173. The van der Waals surface area contributed by atoms with Gasteiger partial charge in [0.25, 0.3) is 0 Å². The minimum Gasteiger partial charge on any atom is -0.460 e. The number of nitrogens with zero attached hydrogens (tertiary/aromatic N) is 1. The summed E-state index contributed by atoms with van der Waals surface area (Å²) in [6.07, 6.45) is 0.862. The highest BCUT2D eigenvalue weighted by Gasteiger charge is 2.30. The smallest absolute Gasteiger partial charge is 0.307 e. The van der Waals surface area contributed by atoms with E-state index < -0.39 is 5.60 Å². The number of ether oxygens (including phenoxy) is 2. The van der Waals surface area contributed by atoms with E-state index in [9.17, 15) is 9.59 Å². The van der Waals surface area contributed by atoms with Crippen molar-refractivity contribution in [2.75, 3.05) is 26.3 Å². The molecule has 0 unspecified atom stereocenters. The molecule has 122 valence electrons. The quantitative estimate of drug-likeness (QED) is 0.731. The van der Waals surface area contributed by atoms with Crippen LogP contribution in [0.4, 0.5) is 0 Å². The second-order valence-electron chi connectivity index (χ2n) is 7.05. The number of hydrogen-bond donors (Lipinski definition) is 0. The number of amides is 1. The summed E-state index contributed by atoms with van der Waals surface area (Å²) < 4.78 is 10.6. The lowest BCUT2D eigenvalue weighted by Crippen LogP contribution is -2.44. The van der Waals surface area contributed by atoms with Gasteiger partial charge in [0.05, 0.1) is 19.6 Å². The minimum atomic E-state index is -0.512. The van der Waals surface area contributed by atoms with E-state index in [4.69, 9.17) is 9.47 Å². The number of esters is 1. The maximum absolute atomic E-state index is 12.6. The van der Waals surface area contributed by atoms with E-state index in [-0.39, 0.29) is 24.2 Å². The Labute approximate surface area is 128 Å². The number of carbonyl (C=O) groups excluding carboxylic acids is 2. The molecule has 5 nitrogen and oxygen atoms in total. The molecule has 1 fully saturated rings.